The van der Waals surface area contributed by atoms with E-state index in [0.717, 1.165) is 5.69 Å². The molecule has 142 valence electrons. The van der Waals surface area contributed by atoms with E-state index >= 15 is 0 Å². The molecule has 0 saturated carbocycles. The first-order valence-electron chi connectivity index (χ1n) is 8.46. The number of anilines is 1. The number of piperazine rings is 1. The van der Waals surface area contributed by atoms with E-state index in [0.29, 0.717) is 36.2 Å². The predicted octanol–water partition coefficient (Wildman–Crippen LogP) is 3.73. The molecule has 2 amide bonds. The summed E-state index contributed by atoms with van der Waals surface area (Å²) in [6.07, 6.45) is 0. The van der Waals surface area contributed by atoms with Gasteiger partial charge in [-0.15, -0.1) is 0 Å². The molecule has 1 saturated heterocycles. The standard InChI is InChI=1S/C19H18Cl3N3O2/c20-13-5-6-14(16(22)11-13)19(27)23-12-18(26)25-9-7-24(8-10-25)17-4-2-1-3-15(17)21/h1-6,11H,7-10,12H2,(H,23,27). The van der Waals surface area contributed by atoms with Gasteiger partial charge in [-0.3, -0.25) is 9.59 Å². The highest BCUT2D eigenvalue weighted by molar-refractivity contribution is 6.36. The van der Waals surface area contributed by atoms with Crippen LogP contribution in [0.15, 0.2) is 42.5 Å². The molecule has 1 aliphatic rings. The lowest BCUT2D eigenvalue weighted by atomic mass is 10.2. The van der Waals surface area contributed by atoms with Crippen LogP contribution in [0.1, 0.15) is 10.4 Å². The third kappa shape index (κ3) is 4.86. The molecule has 0 radical (unpaired) electrons. The Morgan fingerprint density at radius 3 is 2.30 bits per heavy atom. The van der Waals surface area contributed by atoms with E-state index in [1.165, 1.54) is 12.1 Å². The molecule has 2 aromatic carbocycles. The first-order valence-corrected chi connectivity index (χ1v) is 9.59. The molecule has 0 atom stereocenters. The number of nitrogens with one attached hydrogen (secondary N) is 1. The average molecular weight is 427 g/mol. The summed E-state index contributed by atoms with van der Waals surface area (Å²) in [6, 6.07) is 12.3. The largest absolute Gasteiger partial charge is 0.367 e. The summed E-state index contributed by atoms with van der Waals surface area (Å²) < 4.78 is 0. The van der Waals surface area contributed by atoms with Gasteiger partial charge in [0.1, 0.15) is 0 Å². The molecule has 1 aliphatic heterocycles. The molecule has 0 aliphatic carbocycles. The van der Waals surface area contributed by atoms with Crippen LogP contribution < -0.4 is 10.2 Å². The van der Waals surface area contributed by atoms with Gasteiger partial charge in [-0.1, -0.05) is 46.9 Å². The fourth-order valence-corrected chi connectivity index (χ4v) is 3.69. The van der Waals surface area contributed by atoms with Crippen LogP contribution in [0.2, 0.25) is 15.1 Å². The molecule has 3 rings (SSSR count). The zero-order valence-corrected chi connectivity index (χ0v) is 16.7. The Bertz CT molecular complexity index is 852. The van der Waals surface area contributed by atoms with Crippen molar-refractivity contribution in [1.82, 2.24) is 10.2 Å². The lowest BCUT2D eigenvalue weighted by Crippen LogP contribution is -2.51. The molecule has 2 aromatic rings. The van der Waals surface area contributed by atoms with Crippen molar-refractivity contribution in [2.75, 3.05) is 37.6 Å². The number of nitrogens with zero attached hydrogens (tertiary/aromatic N) is 2. The van der Waals surface area contributed by atoms with Crippen molar-refractivity contribution in [2.45, 2.75) is 0 Å². The maximum atomic E-state index is 12.4. The normalized spacial score (nSPS) is 14.2. The van der Waals surface area contributed by atoms with Crippen molar-refractivity contribution in [3.63, 3.8) is 0 Å². The van der Waals surface area contributed by atoms with Gasteiger partial charge < -0.3 is 15.1 Å². The third-order valence-electron chi connectivity index (χ3n) is 4.40. The van der Waals surface area contributed by atoms with Gasteiger partial charge in [0.25, 0.3) is 5.91 Å². The fraction of sp³-hybridized carbons (Fsp3) is 0.263. The van der Waals surface area contributed by atoms with Gasteiger partial charge in [0, 0.05) is 31.2 Å². The van der Waals surface area contributed by atoms with Crippen molar-refractivity contribution in [1.29, 1.82) is 0 Å². The second-order valence-corrected chi connectivity index (χ2v) is 7.38. The Labute approximate surface area is 172 Å². The van der Waals surface area contributed by atoms with Crippen LogP contribution in [0, 0.1) is 0 Å². The van der Waals surface area contributed by atoms with E-state index in [2.05, 4.69) is 10.2 Å². The fourth-order valence-electron chi connectivity index (χ4n) is 2.94. The van der Waals surface area contributed by atoms with Gasteiger partial charge in [0.15, 0.2) is 0 Å². The molecule has 27 heavy (non-hydrogen) atoms. The monoisotopic (exact) mass is 425 g/mol. The van der Waals surface area contributed by atoms with E-state index in [4.69, 9.17) is 34.8 Å². The minimum Gasteiger partial charge on any atom is -0.367 e. The maximum absolute atomic E-state index is 12.4. The van der Waals surface area contributed by atoms with Crippen LogP contribution >= 0.6 is 34.8 Å². The van der Waals surface area contributed by atoms with Crippen molar-refractivity contribution < 1.29 is 9.59 Å². The lowest BCUT2D eigenvalue weighted by molar-refractivity contribution is -0.130. The van der Waals surface area contributed by atoms with Crippen LogP contribution in [0.25, 0.3) is 0 Å². The van der Waals surface area contributed by atoms with Crippen LogP contribution in [0.4, 0.5) is 5.69 Å². The SMILES string of the molecule is O=C(NCC(=O)N1CCN(c2ccccc2Cl)CC1)c1ccc(Cl)cc1Cl. The summed E-state index contributed by atoms with van der Waals surface area (Å²) in [5, 5.41) is 4.01. The lowest BCUT2D eigenvalue weighted by Gasteiger charge is -2.36. The summed E-state index contributed by atoms with van der Waals surface area (Å²) in [5.74, 6) is -0.535. The number of amides is 2. The molecule has 1 heterocycles. The van der Waals surface area contributed by atoms with E-state index in [-0.39, 0.29) is 23.0 Å². The second-order valence-electron chi connectivity index (χ2n) is 6.13. The van der Waals surface area contributed by atoms with Crippen LogP contribution in [-0.4, -0.2) is 49.4 Å². The van der Waals surface area contributed by atoms with E-state index in [9.17, 15) is 9.59 Å². The van der Waals surface area contributed by atoms with Crippen molar-refractivity contribution in [2.24, 2.45) is 0 Å². The molecule has 0 aromatic heterocycles. The number of halogens is 3. The summed E-state index contributed by atoms with van der Waals surface area (Å²) in [6.45, 7) is 2.44. The van der Waals surface area contributed by atoms with Gasteiger partial charge in [-0.05, 0) is 30.3 Å². The van der Waals surface area contributed by atoms with E-state index in [1.54, 1.807) is 11.0 Å². The molecule has 1 fully saturated rings. The summed E-state index contributed by atoms with van der Waals surface area (Å²) >= 11 is 18.1. The highest BCUT2D eigenvalue weighted by atomic mass is 35.5. The minimum atomic E-state index is -0.403. The summed E-state index contributed by atoms with van der Waals surface area (Å²) in [7, 11) is 0. The molecule has 0 spiro atoms. The predicted molar refractivity (Wildman–Crippen MR) is 109 cm³/mol. The number of carbonyl (C=O) groups excluding carboxylic acids is 2. The molecular formula is C19H18Cl3N3O2. The van der Waals surface area contributed by atoms with Crippen LogP contribution in [-0.2, 0) is 4.79 Å². The quantitative estimate of drug-likeness (QED) is 0.810. The Morgan fingerprint density at radius 2 is 1.63 bits per heavy atom. The first-order chi connectivity index (χ1) is 13.0. The highest BCUT2D eigenvalue weighted by Crippen LogP contribution is 2.26. The Kier molecular flexibility index (Phi) is 6.47. The van der Waals surface area contributed by atoms with E-state index < -0.39 is 5.91 Å². The maximum Gasteiger partial charge on any atom is 0.253 e. The molecular weight excluding hydrogens is 409 g/mol. The number of para-hydroxylation sites is 1. The zero-order chi connectivity index (χ0) is 19.4. The Morgan fingerprint density at radius 1 is 0.926 bits per heavy atom. The number of carbonyl (C=O) groups is 2. The molecule has 0 bridgehead atoms. The van der Waals surface area contributed by atoms with Crippen LogP contribution in [0.5, 0.6) is 0 Å². The Hall–Kier alpha value is -1.95. The number of hydrogen-bond donors (Lipinski definition) is 1. The topological polar surface area (TPSA) is 52.7 Å². The number of benzene rings is 2. The third-order valence-corrected chi connectivity index (χ3v) is 5.27. The zero-order valence-electron chi connectivity index (χ0n) is 14.4. The smallest absolute Gasteiger partial charge is 0.253 e. The van der Waals surface area contributed by atoms with Gasteiger partial charge in [0.2, 0.25) is 5.91 Å². The van der Waals surface area contributed by atoms with Crippen LogP contribution in [0.3, 0.4) is 0 Å². The second kappa shape index (κ2) is 8.83. The van der Waals surface area contributed by atoms with Crippen molar-refractivity contribution in [3.05, 3.63) is 63.1 Å². The highest BCUT2D eigenvalue weighted by Gasteiger charge is 2.23. The number of rotatable bonds is 4. The summed E-state index contributed by atoms with van der Waals surface area (Å²) in [5.41, 5.74) is 1.26. The Balaban J connectivity index is 1.51. The molecule has 1 N–H and O–H groups in total. The minimum absolute atomic E-state index is 0.0795. The molecule has 8 heteroatoms. The molecule has 5 nitrogen and oxygen atoms in total. The van der Waals surface area contributed by atoms with Gasteiger partial charge >= 0.3 is 0 Å². The van der Waals surface area contributed by atoms with Gasteiger partial charge in [-0.25, -0.2) is 0 Å². The molecule has 0 unspecified atom stereocenters. The van der Waals surface area contributed by atoms with Crippen molar-refractivity contribution in [3.8, 4) is 0 Å². The van der Waals surface area contributed by atoms with Gasteiger partial charge in [0.05, 0.1) is 27.8 Å². The number of hydrogen-bond acceptors (Lipinski definition) is 3. The van der Waals surface area contributed by atoms with Crippen molar-refractivity contribution >= 4 is 52.3 Å². The summed E-state index contributed by atoms with van der Waals surface area (Å²) in [4.78, 5) is 28.5. The average Bonchev–Trinajstić information content (AvgIpc) is 2.66. The van der Waals surface area contributed by atoms with Gasteiger partial charge in [-0.2, -0.15) is 0 Å². The van der Waals surface area contributed by atoms with E-state index in [1.807, 2.05) is 24.3 Å². The first kappa shape index (κ1) is 19.8.